The topological polar surface area (TPSA) is 60.0 Å². The van der Waals surface area contributed by atoms with E-state index in [4.69, 9.17) is 14.2 Å². The Balaban J connectivity index is 1.08. The van der Waals surface area contributed by atoms with E-state index in [1.807, 2.05) is 78.9 Å². The number of nitrogens with one attached hydrogen (secondary N) is 1. The predicted octanol–water partition coefficient (Wildman–Crippen LogP) is 7.39. The van der Waals surface area contributed by atoms with Crippen LogP contribution < -0.4 is 10.1 Å². The van der Waals surface area contributed by atoms with Crippen LogP contribution in [-0.2, 0) is 16.1 Å². The van der Waals surface area contributed by atoms with Crippen LogP contribution in [0.15, 0.2) is 97.1 Å². The number of alkyl carbamates (subject to hydrolysis) is 1. The standard InChI is InChI=1S/C39H53N3O4/c1-32(30-42(2,3)27-15-5-6-16-28-45-31-35-21-13-14-22-37(35)44-4)29-41-25-23-36(24-26-41)46-39(43)40-38(33-17-9-7-10-18-33)34-19-11-8-12-20-34/h7-14,17-22,36,38H,1,5-6,15-16,23-31H2,2-4H3/p+1. The number of amides is 1. The molecule has 0 bridgehead atoms. The first-order valence-corrected chi connectivity index (χ1v) is 16.8. The van der Waals surface area contributed by atoms with Crippen LogP contribution in [0.1, 0.15) is 61.3 Å². The van der Waals surface area contributed by atoms with Gasteiger partial charge in [0.25, 0.3) is 0 Å². The van der Waals surface area contributed by atoms with Crippen molar-refractivity contribution >= 4 is 6.09 Å². The van der Waals surface area contributed by atoms with E-state index in [0.29, 0.717) is 6.61 Å². The molecule has 1 saturated heterocycles. The van der Waals surface area contributed by atoms with E-state index in [1.165, 1.54) is 24.8 Å². The molecule has 0 spiro atoms. The second-order valence-electron chi connectivity index (χ2n) is 13.1. The smallest absolute Gasteiger partial charge is 0.408 e. The number of hydrogen-bond acceptors (Lipinski definition) is 5. The molecule has 1 aliphatic heterocycles. The molecule has 1 aliphatic rings. The van der Waals surface area contributed by atoms with Crippen molar-refractivity contribution in [2.45, 2.75) is 57.3 Å². The normalized spacial score (nSPS) is 14.3. The van der Waals surface area contributed by atoms with E-state index in [2.05, 4.69) is 37.0 Å². The van der Waals surface area contributed by atoms with Gasteiger partial charge in [0.15, 0.2) is 0 Å². The number of carbonyl (C=O) groups excluding carboxylic acids is 1. The summed E-state index contributed by atoms with van der Waals surface area (Å²) in [7, 11) is 6.31. The number of quaternary nitrogens is 1. The summed E-state index contributed by atoms with van der Waals surface area (Å²) >= 11 is 0. The fourth-order valence-electron chi connectivity index (χ4n) is 6.29. The van der Waals surface area contributed by atoms with Crippen LogP contribution >= 0.6 is 0 Å². The lowest BCUT2D eigenvalue weighted by molar-refractivity contribution is -0.885. The molecule has 7 heteroatoms. The first kappa shape index (κ1) is 35.2. The number of rotatable bonds is 18. The van der Waals surface area contributed by atoms with Gasteiger partial charge in [0.1, 0.15) is 18.4 Å². The zero-order valence-electron chi connectivity index (χ0n) is 28.2. The minimum Gasteiger partial charge on any atom is -0.496 e. The lowest BCUT2D eigenvalue weighted by Crippen LogP contribution is -2.45. The van der Waals surface area contributed by atoms with Gasteiger partial charge in [0, 0.05) is 31.8 Å². The van der Waals surface area contributed by atoms with Gasteiger partial charge < -0.3 is 24.0 Å². The molecule has 0 aliphatic carbocycles. The van der Waals surface area contributed by atoms with Crippen molar-refractivity contribution in [3.63, 3.8) is 0 Å². The molecule has 248 valence electrons. The van der Waals surface area contributed by atoms with Crippen LogP contribution in [0.4, 0.5) is 4.79 Å². The van der Waals surface area contributed by atoms with Gasteiger partial charge in [-0.3, -0.25) is 4.90 Å². The molecular formula is C39H54N3O4+. The van der Waals surface area contributed by atoms with E-state index in [9.17, 15) is 4.79 Å². The average Bonchev–Trinajstić information content (AvgIpc) is 3.06. The molecule has 1 fully saturated rings. The SMILES string of the molecule is C=C(CN1CCC(OC(=O)NC(c2ccccc2)c2ccccc2)CC1)C[N+](C)(C)CCCCCCOCc1ccccc1OC. The Hall–Kier alpha value is -3.65. The number of ether oxygens (including phenoxy) is 3. The van der Waals surface area contributed by atoms with Crippen molar-refractivity contribution in [1.82, 2.24) is 10.2 Å². The second kappa shape index (κ2) is 18.5. The third-order valence-corrected chi connectivity index (χ3v) is 8.69. The van der Waals surface area contributed by atoms with Crippen molar-refractivity contribution in [2.24, 2.45) is 0 Å². The molecule has 1 N–H and O–H groups in total. The Labute approximate surface area is 276 Å². The number of piperidine rings is 1. The Kier molecular flexibility index (Phi) is 14.1. The lowest BCUT2D eigenvalue weighted by Gasteiger charge is -2.35. The number of methoxy groups -OCH3 is 1. The van der Waals surface area contributed by atoms with Crippen LogP contribution in [0.3, 0.4) is 0 Å². The number of carbonyl (C=O) groups is 1. The second-order valence-corrected chi connectivity index (χ2v) is 13.1. The number of para-hydroxylation sites is 1. The first-order valence-electron chi connectivity index (χ1n) is 16.8. The molecule has 7 nitrogen and oxygen atoms in total. The van der Waals surface area contributed by atoms with Crippen LogP contribution in [-0.4, -0.2) is 82.1 Å². The van der Waals surface area contributed by atoms with Crippen LogP contribution in [0, 0.1) is 0 Å². The van der Waals surface area contributed by atoms with Gasteiger partial charge in [-0.05, 0) is 54.9 Å². The van der Waals surface area contributed by atoms with E-state index in [-0.39, 0.29) is 18.2 Å². The number of hydrogen-bond donors (Lipinski definition) is 1. The molecule has 0 unspecified atom stereocenters. The molecule has 3 aromatic carbocycles. The third kappa shape index (κ3) is 11.9. The number of nitrogens with zero attached hydrogens (tertiary/aromatic N) is 2. The minimum absolute atomic E-state index is 0.0736. The largest absolute Gasteiger partial charge is 0.496 e. The molecule has 46 heavy (non-hydrogen) atoms. The molecule has 0 atom stereocenters. The summed E-state index contributed by atoms with van der Waals surface area (Å²) in [4.78, 5) is 15.4. The summed E-state index contributed by atoms with van der Waals surface area (Å²) in [5.74, 6) is 0.888. The highest BCUT2D eigenvalue weighted by atomic mass is 16.6. The van der Waals surface area contributed by atoms with Gasteiger partial charge in [-0.15, -0.1) is 0 Å². The molecule has 0 saturated carbocycles. The predicted molar refractivity (Wildman–Crippen MR) is 186 cm³/mol. The molecule has 3 aromatic rings. The van der Waals surface area contributed by atoms with Gasteiger partial charge in [-0.25, -0.2) is 4.79 Å². The van der Waals surface area contributed by atoms with Crippen LogP contribution in [0.25, 0.3) is 0 Å². The summed E-state index contributed by atoms with van der Waals surface area (Å²) < 4.78 is 18.1. The van der Waals surface area contributed by atoms with E-state index in [1.54, 1.807) is 7.11 Å². The highest BCUT2D eigenvalue weighted by molar-refractivity contribution is 5.69. The Bertz CT molecular complexity index is 1280. The monoisotopic (exact) mass is 628 g/mol. The zero-order chi connectivity index (χ0) is 32.6. The molecule has 0 radical (unpaired) electrons. The zero-order valence-corrected chi connectivity index (χ0v) is 28.2. The number of benzene rings is 3. The quantitative estimate of drug-likeness (QED) is 0.0905. The Morgan fingerprint density at radius 3 is 2.15 bits per heavy atom. The van der Waals surface area contributed by atoms with Gasteiger partial charge in [0.05, 0.1) is 40.4 Å². The average molecular weight is 629 g/mol. The third-order valence-electron chi connectivity index (χ3n) is 8.69. The van der Waals surface area contributed by atoms with Gasteiger partial charge in [0.2, 0.25) is 0 Å². The maximum atomic E-state index is 13.0. The number of likely N-dealkylation sites (tertiary alicyclic amines) is 1. The van der Waals surface area contributed by atoms with E-state index >= 15 is 0 Å². The van der Waals surface area contributed by atoms with Crippen molar-refractivity contribution in [2.75, 3.05) is 60.5 Å². The fourth-order valence-corrected chi connectivity index (χ4v) is 6.29. The summed E-state index contributed by atoms with van der Waals surface area (Å²) in [6.07, 6.45) is 5.91. The van der Waals surface area contributed by atoms with Gasteiger partial charge in [-0.1, -0.05) is 91.9 Å². The maximum Gasteiger partial charge on any atom is 0.408 e. The highest BCUT2D eigenvalue weighted by Gasteiger charge is 2.26. The molecule has 1 amide bonds. The molecular weight excluding hydrogens is 574 g/mol. The van der Waals surface area contributed by atoms with Crippen LogP contribution in [0.5, 0.6) is 5.75 Å². The van der Waals surface area contributed by atoms with Crippen molar-refractivity contribution in [3.05, 3.63) is 114 Å². The Morgan fingerprint density at radius 1 is 0.891 bits per heavy atom. The summed E-state index contributed by atoms with van der Waals surface area (Å²) in [6, 6.07) is 27.9. The van der Waals surface area contributed by atoms with E-state index < -0.39 is 0 Å². The van der Waals surface area contributed by atoms with Crippen molar-refractivity contribution in [3.8, 4) is 5.75 Å². The van der Waals surface area contributed by atoms with Crippen molar-refractivity contribution in [1.29, 1.82) is 0 Å². The Morgan fingerprint density at radius 2 is 1.50 bits per heavy atom. The molecule has 4 rings (SSSR count). The summed E-state index contributed by atoms with van der Waals surface area (Å²) in [6.45, 7) is 10.6. The summed E-state index contributed by atoms with van der Waals surface area (Å²) in [5.41, 5.74) is 4.43. The summed E-state index contributed by atoms with van der Waals surface area (Å²) in [5, 5.41) is 3.11. The lowest BCUT2D eigenvalue weighted by atomic mass is 9.99. The molecule has 0 aromatic heterocycles. The van der Waals surface area contributed by atoms with E-state index in [0.717, 1.165) is 85.5 Å². The first-order chi connectivity index (χ1) is 22.3. The van der Waals surface area contributed by atoms with Crippen molar-refractivity contribution < 1.29 is 23.5 Å². The number of unbranched alkanes of at least 4 members (excludes halogenated alkanes) is 3. The fraction of sp³-hybridized carbons (Fsp3) is 0.462. The molecule has 1 heterocycles. The van der Waals surface area contributed by atoms with Gasteiger partial charge >= 0.3 is 6.09 Å². The number of likely N-dealkylation sites (N-methyl/N-ethyl adjacent to an activating group) is 1. The highest BCUT2D eigenvalue weighted by Crippen LogP contribution is 2.23. The maximum absolute atomic E-state index is 13.0. The van der Waals surface area contributed by atoms with Crippen LogP contribution in [0.2, 0.25) is 0 Å². The minimum atomic E-state index is -0.361. The van der Waals surface area contributed by atoms with Gasteiger partial charge in [-0.2, -0.15) is 0 Å².